The van der Waals surface area contributed by atoms with E-state index in [-0.39, 0.29) is 11.2 Å². The van der Waals surface area contributed by atoms with Crippen LogP contribution in [-0.4, -0.2) is 25.9 Å². The average molecular weight is 384 g/mol. The van der Waals surface area contributed by atoms with Crippen LogP contribution in [0.3, 0.4) is 0 Å². The number of nitrogens with zero attached hydrogens (tertiary/aromatic N) is 4. The highest BCUT2D eigenvalue weighted by atomic mass is 32.2. The van der Waals surface area contributed by atoms with Crippen molar-refractivity contribution < 1.29 is 4.79 Å². The van der Waals surface area contributed by atoms with Crippen molar-refractivity contribution in [3.63, 3.8) is 0 Å². The van der Waals surface area contributed by atoms with Crippen LogP contribution in [0.2, 0.25) is 0 Å². The fourth-order valence-electron chi connectivity index (χ4n) is 2.25. The van der Waals surface area contributed by atoms with Crippen molar-refractivity contribution in [1.82, 2.24) is 14.8 Å². The second-order valence-corrected chi connectivity index (χ2v) is 7.99. The number of rotatable bonds is 6. The average Bonchev–Trinajstić information content (AvgIpc) is 3.28. The van der Waals surface area contributed by atoms with Gasteiger partial charge in [0.05, 0.1) is 16.9 Å². The van der Waals surface area contributed by atoms with Crippen LogP contribution in [0.15, 0.2) is 46.9 Å². The summed E-state index contributed by atoms with van der Waals surface area (Å²) in [6.07, 6.45) is 0.730. The van der Waals surface area contributed by atoms with E-state index >= 15 is 0 Å². The van der Waals surface area contributed by atoms with Gasteiger partial charge in [0.2, 0.25) is 5.91 Å². The number of aromatic nitrogens is 3. The van der Waals surface area contributed by atoms with Gasteiger partial charge in [0.25, 0.3) is 0 Å². The highest BCUT2D eigenvalue weighted by Crippen LogP contribution is 2.24. The van der Waals surface area contributed by atoms with Crippen LogP contribution >= 0.6 is 23.1 Å². The van der Waals surface area contributed by atoms with Crippen LogP contribution in [0.1, 0.15) is 23.2 Å². The minimum atomic E-state index is -0.330. The largest absolute Gasteiger partial charge is 0.325 e. The lowest BCUT2D eigenvalue weighted by Gasteiger charge is -2.11. The highest BCUT2D eigenvalue weighted by molar-refractivity contribution is 8.00. The van der Waals surface area contributed by atoms with E-state index in [1.54, 1.807) is 35.6 Å². The Morgan fingerprint density at radius 2 is 2.12 bits per heavy atom. The number of nitriles is 1. The van der Waals surface area contributed by atoms with Crippen molar-refractivity contribution in [2.45, 2.75) is 23.8 Å². The third kappa shape index (κ3) is 4.31. The van der Waals surface area contributed by atoms with Crippen LogP contribution in [0.25, 0.3) is 0 Å². The molecule has 0 aliphatic carbocycles. The number of thiophene rings is 1. The van der Waals surface area contributed by atoms with Crippen LogP contribution in [0, 0.1) is 11.3 Å². The zero-order chi connectivity index (χ0) is 18.5. The monoisotopic (exact) mass is 383 g/mol. The van der Waals surface area contributed by atoms with Crippen LogP contribution in [0.5, 0.6) is 0 Å². The Morgan fingerprint density at radius 1 is 1.35 bits per heavy atom. The number of carbonyl (C=O) groups excluding carboxylic acids is 1. The molecule has 8 heteroatoms. The molecule has 0 spiro atoms. The quantitative estimate of drug-likeness (QED) is 0.659. The molecule has 1 N–H and O–H groups in total. The van der Waals surface area contributed by atoms with E-state index in [9.17, 15) is 4.79 Å². The predicted octanol–water partition coefficient (Wildman–Crippen LogP) is 3.46. The van der Waals surface area contributed by atoms with E-state index in [4.69, 9.17) is 5.26 Å². The maximum atomic E-state index is 12.4. The number of anilines is 1. The molecule has 1 atom stereocenters. The first-order valence-electron chi connectivity index (χ1n) is 7.95. The topological polar surface area (TPSA) is 83.6 Å². The molecule has 0 radical (unpaired) electrons. The maximum absolute atomic E-state index is 12.4. The number of nitrogens with one attached hydrogen (secondary N) is 1. The van der Waals surface area contributed by atoms with E-state index in [0.29, 0.717) is 16.4 Å². The fourth-order valence-corrected chi connectivity index (χ4v) is 3.79. The molecule has 1 amide bonds. The summed E-state index contributed by atoms with van der Waals surface area (Å²) in [6.45, 7) is 1.83. The number of hydrogen-bond donors (Lipinski definition) is 1. The third-order valence-corrected chi connectivity index (χ3v) is 5.78. The van der Waals surface area contributed by atoms with E-state index < -0.39 is 0 Å². The molecule has 0 saturated heterocycles. The van der Waals surface area contributed by atoms with Crippen molar-refractivity contribution in [1.29, 1.82) is 5.26 Å². The molecule has 2 aromatic heterocycles. The molecule has 0 saturated carbocycles. The van der Waals surface area contributed by atoms with Gasteiger partial charge in [0.15, 0.2) is 5.16 Å². The molecule has 0 aliphatic heterocycles. The van der Waals surface area contributed by atoms with E-state index in [0.717, 1.165) is 12.2 Å². The van der Waals surface area contributed by atoms with Gasteiger partial charge in [-0.1, -0.05) is 17.8 Å². The molecule has 0 bridgehead atoms. The number of carbonyl (C=O) groups is 1. The Kier molecular flexibility index (Phi) is 5.71. The van der Waals surface area contributed by atoms with Gasteiger partial charge in [-0.25, -0.2) is 0 Å². The smallest absolute Gasteiger partial charge is 0.237 e. The van der Waals surface area contributed by atoms with Gasteiger partial charge in [0, 0.05) is 24.0 Å². The molecule has 26 heavy (non-hydrogen) atoms. The van der Waals surface area contributed by atoms with Gasteiger partial charge >= 0.3 is 0 Å². The molecule has 3 rings (SSSR count). The third-order valence-electron chi connectivity index (χ3n) is 3.77. The first-order valence-corrected chi connectivity index (χ1v) is 9.71. The minimum absolute atomic E-state index is 0.123. The standard InChI is InChI=1S/C18H17N5OS2/c1-12(17(24)20-14-7-5-13(11-19)6-8-14)26-18-22-21-16(23(18)2)10-15-4-3-9-25-15/h3-9,12H,10H2,1-2H3,(H,20,24)/t12-/m1/s1. The van der Waals surface area contributed by atoms with Gasteiger partial charge in [-0.15, -0.1) is 21.5 Å². The Balaban J connectivity index is 1.61. The fraction of sp³-hybridized carbons (Fsp3) is 0.222. The summed E-state index contributed by atoms with van der Waals surface area (Å²) < 4.78 is 1.93. The van der Waals surface area contributed by atoms with Crippen molar-refractivity contribution in [3.05, 3.63) is 58.0 Å². The molecule has 0 aliphatic rings. The summed E-state index contributed by atoms with van der Waals surface area (Å²) in [4.78, 5) is 13.6. The van der Waals surface area contributed by atoms with Gasteiger partial charge < -0.3 is 9.88 Å². The van der Waals surface area contributed by atoms with Crippen molar-refractivity contribution in [2.24, 2.45) is 7.05 Å². The highest BCUT2D eigenvalue weighted by Gasteiger charge is 2.19. The van der Waals surface area contributed by atoms with Crippen LogP contribution in [0.4, 0.5) is 5.69 Å². The zero-order valence-corrected chi connectivity index (χ0v) is 16.0. The number of benzene rings is 1. The number of thioether (sulfide) groups is 1. The van der Waals surface area contributed by atoms with Crippen LogP contribution in [-0.2, 0) is 18.3 Å². The lowest BCUT2D eigenvalue weighted by molar-refractivity contribution is -0.115. The first-order chi connectivity index (χ1) is 12.6. The number of hydrogen-bond acceptors (Lipinski definition) is 6. The van der Waals surface area contributed by atoms with Crippen molar-refractivity contribution in [2.75, 3.05) is 5.32 Å². The SMILES string of the molecule is C[C@@H](Sc1nnc(Cc2cccs2)n1C)C(=O)Nc1ccc(C#N)cc1. The molecule has 0 unspecified atom stereocenters. The summed E-state index contributed by atoms with van der Waals surface area (Å²) in [5, 5.41) is 22.5. The second kappa shape index (κ2) is 8.17. The Labute approximate surface area is 159 Å². The van der Waals surface area contributed by atoms with Crippen molar-refractivity contribution in [3.8, 4) is 6.07 Å². The first kappa shape index (κ1) is 18.2. The van der Waals surface area contributed by atoms with Crippen LogP contribution < -0.4 is 5.32 Å². The minimum Gasteiger partial charge on any atom is -0.325 e. The molecular formula is C18H17N5OS2. The van der Waals surface area contributed by atoms with Gasteiger partial charge in [-0.05, 0) is 42.6 Å². The molecular weight excluding hydrogens is 366 g/mol. The summed E-state index contributed by atoms with van der Waals surface area (Å²) >= 11 is 3.05. The molecule has 1 aromatic carbocycles. The molecule has 6 nitrogen and oxygen atoms in total. The Morgan fingerprint density at radius 3 is 2.77 bits per heavy atom. The van der Waals surface area contributed by atoms with Gasteiger partial charge in [-0.2, -0.15) is 5.26 Å². The summed E-state index contributed by atoms with van der Waals surface area (Å²) in [5.74, 6) is 0.747. The molecule has 2 heterocycles. The van der Waals surface area contributed by atoms with E-state index in [2.05, 4.69) is 27.6 Å². The summed E-state index contributed by atoms with van der Waals surface area (Å²) in [7, 11) is 1.91. The van der Waals surface area contributed by atoms with E-state index in [1.165, 1.54) is 16.6 Å². The van der Waals surface area contributed by atoms with E-state index in [1.807, 2.05) is 30.0 Å². The van der Waals surface area contributed by atoms with Gasteiger partial charge in [-0.3, -0.25) is 4.79 Å². The lowest BCUT2D eigenvalue weighted by atomic mass is 10.2. The molecule has 132 valence electrons. The zero-order valence-electron chi connectivity index (χ0n) is 14.3. The maximum Gasteiger partial charge on any atom is 0.237 e. The van der Waals surface area contributed by atoms with Crippen molar-refractivity contribution >= 4 is 34.7 Å². The Hall–Kier alpha value is -2.63. The Bertz CT molecular complexity index is 926. The predicted molar refractivity (Wildman–Crippen MR) is 103 cm³/mol. The van der Waals surface area contributed by atoms with Gasteiger partial charge in [0.1, 0.15) is 5.82 Å². The normalized spacial score (nSPS) is 11.7. The summed E-state index contributed by atoms with van der Waals surface area (Å²) in [5.41, 5.74) is 1.22. The second-order valence-electron chi connectivity index (χ2n) is 5.65. The number of amides is 1. The molecule has 3 aromatic rings. The summed E-state index contributed by atoms with van der Waals surface area (Å²) in [6, 6.07) is 12.9. The lowest BCUT2D eigenvalue weighted by Crippen LogP contribution is -2.22. The molecule has 0 fully saturated rings.